The van der Waals surface area contributed by atoms with Crippen LogP contribution in [-0.4, -0.2) is 24.8 Å². The number of nitrogens with two attached hydrogens (primary N) is 1. The zero-order valence-corrected chi connectivity index (χ0v) is 14.1. The molecular weight excluding hydrogens is 306 g/mol. The summed E-state index contributed by atoms with van der Waals surface area (Å²) in [5.74, 6) is 5.64. The highest BCUT2D eigenvalue weighted by Gasteiger charge is 2.43. The van der Waals surface area contributed by atoms with Gasteiger partial charge in [-0.15, -0.1) is 0 Å². The molecule has 2 unspecified atom stereocenters. The van der Waals surface area contributed by atoms with E-state index in [-0.39, 0.29) is 17.5 Å². The number of carbonyl (C=O) groups excluding carboxylic acids is 2. The summed E-state index contributed by atoms with van der Waals surface area (Å²) in [5, 5.41) is 0. The van der Waals surface area contributed by atoms with Crippen LogP contribution in [0.1, 0.15) is 49.7 Å². The lowest BCUT2D eigenvalue weighted by Gasteiger charge is -2.24. The Balaban J connectivity index is 1.79. The number of ketones is 2. The summed E-state index contributed by atoms with van der Waals surface area (Å²) in [4.78, 5) is 30.2. The molecule has 0 radical (unpaired) electrons. The number of hydrogen-bond acceptors (Lipinski definition) is 5. The predicted molar refractivity (Wildman–Crippen MR) is 89.7 cm³/mol. The van der Waals surface area contributed by atoms with E-state index in [0.717, 1.165) is 50.0 Å². The molecule has 1 heterocycles. The van der Waals surface area contributed by atoms with Crippen molar-refractivity contribution in [2.45, 2.75) is 44.9 Å². The molecule has 5 nitrogen and oxygen atoms in total. The van der Waals surface area contributed by atoms with Crippen molar-refractivity contribution in [2.75, 3.05) is 13.2 Å². The highest BCUT2D eigenvalue weighted by atomic mass is 16.6. The topological polar surface area (TPSA) is 78.6 Å². The van der Waals surface area contributed by atoms with E-state index < -0.39 is 5.92 Å². The minimum atomic E-state index is -0.614. The number of hydrogen-bond donors (Lipinski definition) is 1. The maximum Gasteiger partial charge on any atom is 0.151 e. The minimum Gasteiger partial charge on any atom is -0.412 e. The molecule has 2 fully saturated rings. The molecule has 0 aromatic heterocycles. The second-order valence-corrected chi connectivity index (χ2v) is 6.83. The van der Waals surface area contributed by atoms with Gasteiger partial charge in [-0.3, -0.25) is 9.59 Å². The first-order chi connectivity index (χ1) is 11.6. The van der Waals surface area contributed by atoms with Gasteiger partial charge in [0.05, 0.1) is 0 Å². The first-order valence-electron chi connectivity index (χ1n) is 8.77. The largest absolute Gasteiger partial charge is 0.412 e. The van der Waals surface area contributed by atoms with Gasteiger partial charge in [-0.2, -0.15) is 5.90 Å². The summed E-state index contributed by atoms with van der Waals surface area (Å²) in [6.45, 7) is 3.54. The zero-order valence-electron chi connectivity index (χ0n) is 14.1. The van der Waals surface area contributed by atoms with Crippen LogP contribution in [0.3, 0.4) is 0 Å². The molecule has 2 aliphatic rings. The Kier molecular flexibility index (Phi) is 5.31. The SMILES string of the molecule is CCc1cc(ON)ccc1C1C(=O)CC(CC2CCOCC2)C1=O. The summed E-state index contributed by atoms with van der Waals surface area (Å²) in [6.07, 6.45) is 3.90. The van der Waals surface area contributed by atoms with Crippen LogP contribution in [0.2, 0.25) is 0 Å². The van der Waals surface area contributed by atoms with Crippen molar-refractivity contribution >= 4 is 11.6 Å². The molecular formula is C19H25NO4. The molecule has 3 rings (SSSR count). The molecule has 1 aromatic rings. The molecule has 1 aromatic carbocycles. The van der Waals surface area contributed by atoms with Gasteiger partial charge in [0, 0.05) is 25.6 Å². The summed E-state index contributed by atoms with van der Waals surface area (Å²) in [6, 6.07) is 5.36. The maximum atomic E-state index is 12.9. The molecule has 0 bridgehead atoms. The normalized spacial score (nSPS) is 25.2. The smallest absolute Gasteiger partial charge is 0.151 e. The van der Waals surface area contributed by atoms with E-state index in [4.69, 9.17) is 15.5 Å². The molecule has 130 valence electrons. The summed E-state index contributed by atoms with van der Waals surface area (Å²) in [5.41, 5.74) is 1.78. The van der Waals surface area contributed by atoms with Crippen molar-refractivity contribution in [2.24, 2.45) is 17.7 Å². The highest BCUT2D eigenvalue weighted by Crippen LogP contribution is 2.39. The molecule has 1 aliphatic heterocycles. The van der Waals surface area contributed by atoms with Crippen molar-refractivity contribution in [1.82, 2.24) is 0 Å². The van der Waals surface area contributed by atoms with Crippen molar-refractivity contribution in [3.05, 3.63) is 29.3 Å². The van der Waals surface area contributed by atoms with Crippen molar-refractivity contribution in [1.29, 1.82) is 0 Å². The number of rotatable bonds is 5. The first-order valence-corrected chi connectivity index (χ1v) is 8.77. The lowest BCUT2D eigenvalue weighted by atomic mass is 9.85. The van der Waals surface area contributed by atoms with E-state index in [1.54, 1.807) is 6.07 Å². The van der Waals surface area contributed by atoms with Crippen LogP contribution >= 0.6 is 0 Å². The third-order valence-electron chi connectivity index (χ3n) is 5.36. The van der Waals surface area contributed by atoms with Gasteiger partial charge in [0.25, 0.3) is 0 Å². The summed E-state index contributed by atoms with van der Waals surface area (Å²) >= 11 is 0. The van der Waals surface area contributed by atoms with Gasteiger partial charge in [0.15, 0.2) is 5.78 Å². The van der Waals surface area contributed by atoms with Gasteiger partial charge in [0.2, 0.25) is 0 Å². The van der Waals surface area contributed by atoms with Crippen LogP contribution in [0.4, 0.5) is 0 Å². The number of ether oxygens (including phenoxy) is 1. The fraction of sp³-hybridized carbons (Fsp3) is 0.579. The van der Waals surface area contributed by atoms with Crippen LogP contribution < -0.4 is 10.7 Å². The number of benzene rings is 1. The molecule has 1 saturated heterocycles. The molecule has 2 N–H and O–H groups in total. The van der Waals surface area contributed by atoms with Crippen LogP contribution in [-0.2, 0) is 20.7 Å². The monoisotopic (exact) mass is 331 g/mol. The van der Waals surface area contributed by atoms with Crippen molar-refractivity contribution in [3.63, 3.8) is 0 Å². The fourth-order valence-corrected chi connectivity index (χ4v) is 4.01. The lowest BCUT2D eigenvalue weighted by molar-refractivity contribution is -0.125. The molecule has 1 saturated carbocycles. The van der Waals surface area contributed by atoms with Gasteiger partial charge in [-0.1, -0.05) is 13.0 Å². The number of Topliss-reactive ketones (excluding diaryl/α,β-unsaturated/α-hetero) is 2. The standard InChI is InChI=1S/C19H25NO4/c1-2-13-10-15(24-20)3-4-16(13)18-17(21)11-14(19(18)22)9-12-5-7-23-8-6-12/h3-4,10,12,14,18H,2,5-9,11,20H2,1H3. The second kappa shape index (κ2) is 7.45. The van der Waals surface area contributed by atoms with Crippen molar-refractivity contribution in [3.8, 4) is 5.75 Å². The Hall–Kier alpha value is -1.72. The van der Waals surface area contributed by atoms with Crippen molar-refractivity contribution < 1.29 is 19.2 Å². The van der Waals surface area contributed by atoms with E-state index in [2.05, 4.69) is 0 Å². The maximum absolute atomic E-state index is 12.9. The molecule has 1 aliphatic carbocycles. The third-order valence-corrected chi connectivity index (χ3v) is 5.36. The quantitative estimate of drug-likeness (QED) is 0.663. The van der Waals surface area contributed by atoms with Crippen LogP contribution in [0.25, 0.3) is 0 Å². The average Bonchev–Trinajstić information content (AvgIpc) is 2.89. The molecule has 2 atom stereocenters. The summed E-state index contributed by atoms with van der Waals surface area (Å²) < 4.78 is 5.38. The van der Waals surface area contributed by atoms with Gasteiger partial charge in [0.1, 0.15) is 17.5 Å². The Morgan fingerprint density at radius 3 is 2.67 bits per heavy atom. The van der Waals surface area contributed by atoms with E-state index in [1.165, 1.54) is 0 Å². The molecule has 0 amide bonds. The fourth-order valence-electron chi connectivity index (χ4n) is 4.01. The van der Waals surface area contributed by atoms with Gasteiger partial charge in [-0.05, 0) is 54.9 Å². The van der Waals surface area contributed by atoms with Gasteiger partial charge < -0.3 is 9.57 Å². The van der Waals surface area contributed by atoms with Gasteiger partial charge in [-0.25, -0.2) is 0 Å². The van der Waals surface area contributed by atoms with Crippen LogP contribution in [0.5, 0.6) is 5.75 Å². The predicted octanol–water partition coefficient (Wildman–Crippen LogP) is 2.56. The van der Waals surface area contributed by atoms with E-state index in [0.29, 0.717) is 18.1 Å². The Labute approximate surface area is 142 Å². The first kappa shape index (κ1) is 17.1. The minimum absolute atomic E-state index is 0.0492. The number of carbonyl (C=O) groups is 2. The molecule has 0 spiro atoms. The van der Waals surface area contributed by atoms with Crippen LogP contribution in [0, 0.1) is 11.8 Å². The van der Waals surface area contributed by atoms with E-state index >= 15 is 0 Å². The Morgan fingerprint density at radius 1 is 1.25 bits per heavy atom. The third kappa shape index (κ3) is 3.37. The molecule has 5 heteroatoms. The number of aryl methyl sites for hydroxylation is 1. The Bertz CT molecular complexity index is 622. The second-order valence-electron chi connectivity index (χ2n) is 6.83. The van der Waals surface area contributed by atoms with E-state index in [9.17, 15) is 9.59 Å². The molecule has 24 heavy (non-hydrogen) atoms. The van der Waals surface area contributed by atoms with Crippen LogP contribution in [0.15, 0.2) is 18.2 Å². The zero-order chi connectivity index (χ0) is 17.1. The van der Waals surface area contributed by atoms with E-state index in [1.807, 2.05) is 19.1 Å². The summed E-state index contributed by atoms with van der Waals surface area (Å²) in [7, 11) is 0. The lowest BCUT2D eigenvalue weighted by Crippen LogP contribution is -2.22. The Morgan fingerprint density at radius 2 is 2.00 bits per heavy atom. The average molecular weight is 331 g/mol. The van der Waals surface area contributed by atoms with Gasteiger partial charge >= 0.3 is 0 Å². The highest BCUT2D eigenvalue weighted by molar-refractivity contribution is 6.14.